The van der Waals surface area contributed by atoms with Gasteiger partial charge in [0.15, 0.2) is 5.69 Å². The number of rotatable bonds is 3. The fourth-order valence-electron chi connectivity index (χ4n) is 1.61. The lowest BCUT2D eigenvalue weighted by Crippen LogP contribution is -2.09. The van der Waals surface area contributed by atoms with Crippen LogP contribution >= 0.6 is 35.6 Å². The summed E-state index contributed by atoms with van der Waals surface area (Å²) in [6, 6.07) is 1.47. The summed E-state index contributed by atoms with van der Waals surface area (Å²) in [5.41, 5.74) is -0.874. The first-order valence-corrected chi connectivity index (χ1v) is 6.70. The molecule has 0 aliphatic carbocycles. The van der Waals surface area contributed by atoms with E-state index in [1.165, 1.54) is 6.20 Å². The topological polar surface area (TPSA) is 63.8 Å². The first-order valence-electron chi connectivity index (χ1n) is 5.94. The molecular weight excluding hydrogens is 380 g/mol. The standard InChI is InChI=1S/C12H9Cl2F3N4O.ClH/c1-2-22-11(18)9-5-19-21(20-9)10-7(13)3-6(4-8(10)14)12(15,16)17;/h3-5,18H,2H2,1H3;1H. The van der Waals surface area contributed by atoms with E-state index in [0.29, 0.717) is 0 Å². The lowest BCUT2D eigenvalue weighted by atomic mass is 10.2. The molecule has 126 valence electrons. The van der Waals surface area contributed by atoms with E-state index in [1.54, 1.807) is 6.92 Å². The van der Waals surface area contributed by atoms with Crippen molar-refractivity contribution in [3.05, 3.63) is 39.6 Å². The molecule has 1 N–H and O–H groups in total. The summed E-state index contributed by atoms with van der Waals surface area (Å²) < 4.78 is 43.0. The van der Waals surface area contributed by atoms with Crippen molar-refractivity contribution >= 4 is 41.5 Å². The van der Waals surface area contributed by atoms with Crippen LogP contribution in [0.3, 0.4) is 0 Å². The van der Waals surface area contributed by atoms with E-state index < -0.39 is 11.7 Å². The van der Waals surface area contributed by atoms with Crippen molar-refractivity contribution in [3.63, 3.8) is 0 Å². The minimum absolute atomic E-state index is 0. The Morgan fingerprint density at radius 2 is 1.87 bits per heavy atom. The number of benzene rings is 1. The van der Waals surface area contributed by atoms with Crippen molar-refractivity contribution in [2.75, 3.05) is 6.61 Å². The van der Waals surface area contributed by atoms with E-state index in [9.17, 15) is 13.2 Å². The molecule has 5 nitrogen and oxygen atoms in total. The van der Waals surface area contributed by atoms with E-state index >= 15 is 0 Å². The second kappa shape index (κ2) is 7.37. The summed E-state index contributed by atoms with van der Waals surface area (Å²) in [5, 5.41) is 14.8. The van der Waals surface area contributed by atoms with Crippen LogP contribution in [0.4, 0.5) is 13.2 Å². The highest BCUT2D eigenvalue weighted by atomic mass is 35.5. The molecule has 11 heteroatoms. The molecule has 1 heterocycles. The average molecular weight is 390 g/mol. The lowest BCUT2D eigenvalue weighted by Gasteiger charge is -2.11. The molecule has 0 saturated heterocycles. The molecule has 0 aliphatic heterocycles. The zero-order valence-corrected chi connectivity index (χ0v) is 13.8. The summed E-state index contributed by atoms with van der Waals surface area (Å²) in [6.07, 6.45) is -3.34. The first-order chi connectivity index (χ1) is 10.2. The van der Waals surface area contributed by atoms with Crippen LogP contribution in [0, 0.1) is 5.41 Å². The monoisotopic (exact) mass is 388 g/mol. The second-order valence-corrected chi connectivity index (χ2v) is 4.88. The summed E-state index contributed by atoms with van der Waals surface area (Å²) in [4.78, 5) is 0.952. The van der Waals surface area contributed by atoms with Crippen LogP contribution in [0.1, 0.15) is 18.2 Å². The summed E-state index contributed by atoms with van der Waals surface area (Å²) >= 11 is 11.7. The fourth-order valence-corrected chi connectivity index (χ4v) is 2.25. The highest BCUT2D eigenvalue weighted by molar-refractivity contribution is 6.37. The number of aromatic nitrogens is 3. The summed E-state index contributed by atoms with van der Waals surface area (Å²) in [5.74, 6) is -0.215. The van der Waals surface area contributed by atoms with Gasteiger partial charge in [-0.2, -0.15) is 18.3 Å². The average Bonchev–Trinajstić information content (AvgIpc) is 2.86. The third kappa shape index (κ3) is 4.27. The van der Waals surface area contributed by atoms with Gasteiger partial charge in [0.05, 0.1) is 28.4 Å². The molecule has 2 rings (SSSR count). The highest BCUT2D eigenvalue weighted by Crippen LogP contribution is 2.37. The van der Waals surface area contributed by atoms with Crippen molar-refractivity contribution in [2.45, 2.75) is 13.1 Å². The normalized spacial score (nSPS) is 11.0. The zero-order chi connectivity index (χ0) is 16.5. The van der Waals surface area contributed by atoms with Gasteiger partial charge in [0.1, 0.15) is 5.69 Å². The van der Waals surface area contributed by atoms with E-state index in [0.717, 1.165) is 16.9 Å². The molecule has 0 radical (unpaired) electrons. The number of nitrogens with zero attached hydrogens (tertiary/aromatic N) is 3. The number of halogens is 6. The van der Waals surface area contributed by atoms with Gasteiger partial charge in [0, 0.05) is 0 Å². The Labute approximate surface area is 145 Å². The predicted octanol–water partition coefficient (Wildman–Crippen LogP) is 4.38. The van der Waals surface area contributed by atoms with Crippen molar-refractivity contribution in [1.29, 1.82) is 5.41 Å². The Hall–Kier alpha value is -1.51. The third-order valence-electron chi connectivity index (χ3n) is 2.56. The van der Waals surface area contributed by atoms with Crippen molar-refractivity contribution in [3.8, 4) is 5.69 Å². The molecule has 0 spiro atoms. The number of ether oxygens (including phenoxy) is 1. The van der Waals surface area contributed by atoms with E-state index in [-0.39, 0.29) is 46.3 Å². The zero-order valence-electron chi connectivity index (χ0n) is 11.5. The highest BCUT2D eigenvalue weighted by Gasteiger charge is 2.32. The van der Waals surface area contributed by atoms with Gasteiger partial charge in [0.2, 0.25) is 5.90 Å². The SMILES string of the molecule is CCOC(=N)c1cnn(-c2c(Cl)cc(C(F)(F)F)cc2Cl)n1.Cl. The van der Waals surface area contributed by atoms with Crippen LogP contribution in [0.25, 0.3) is 5.69 Å². The maximum Gasteiger partial charge on any atom is 0.416 e. The molecule has 0 saturated carbocycles. The first kappa shape index (κ1) is 19.5. The molecule has 1 aromatic carbocycles. The summed E-state index contributed by atoms with van der Waals surface area (Å²) in [7, 11) is 0. The smallest absolute Gasteiger partial charge is 0.416 e. The van der Waals surface area contributed by atoms with Gasteiger partial charge < -0.3 is 4.74 Å². The molecule has 0 aliphatic rings. The number of hydrogen-bond acceptors (Lipinski definition) is 4. The van der Waals surface area contributed by atoms with Crippen LogP contribution < -0.4 is 0 Å². The molecule has 23 heavy (non-hydrogen) atoms. The molecule has 0 unspecified atom stereocenters. The van der Waals surface area contributed by atoms with Crippen molar-refractivity contribution < 1.29 is 17.9 Å². The fraction of sp³-hybridized carbons (Fsp3) is 0.250. The molecule has 0 fully saturated rings. The van der Waals surface area contributed by atoms with Gasteiger partial charge in [-0.15, -0.1) is 22.3 Å². The number of hydrogen-bond donors (Lipinski definition) is 1. The molecule has 1 aromatic heterocycles. The third-order valence-corrected chi connectivity index (χ3v) is 3.13. The van der Waals surface area contributed by atoms with Gasteiger partial charge in [0.25, 0.3) is 0 Å². The maximum atomic E-state index is 12.7. The predicted molar refractivity (Wildman–Crippen MR) is 82.1 cm³/mol. The number of alkyl halides is 3. The van der Waals surface area contributed by atoms with Crippen LogP contribution in [-0.4, -0.2) is 27.5 Å². The van der Waals surface area contributed by atoms with Crippen molar-refractivity contribution in [2.24, 2.45) is 0 Å². The Balaban J connectivity index is 0.00000264. The van der Waals surface area contributed by atoms with E-state index in [4.69, 9.17) is 33.3 Å². The Morgan fingerprint density at radius 3 is 2.35 bits per heavy atom. The maximum absolute atomic E-state index is 12.7. The molecule has 0 atom stereocenters. The van der Waals surface area contributed by atoms with Crippen molar-refractivity contribution in [1.82, 2.24) is 15.0 Å². The molecule has 0 bridgehead atoms. The van der Waals surface area contributed by atoms with Gasteiger partial charge >= 0.3 is 6.18 Å². The van der Waals surface area contributed by atoms with Gasteiger partial charge in [-0.1, -0.05) is 23.2 Å². The molecule has 0 amide bonds. The quantitative estimate of drug-likeness (QED) is 0.626. The largest absolute Gasteiger partial charge is 0.477 e. The van der Waals surface area contributed by atoms with E-state index in [1.807, 2.05) is 0 Å². The minimum atomic E-state index is -4.56. The van der Waals surface area contributed by atoms with Crippen LogP contribution in [0.5, 0.6) is 0 Å². The lowest BCUT2D eigenvalue weighted by molar-refractivity contribution is -0.137. The Kier molecular flexibility index (Phi) is 6.26. The molecular formula is C12H10Cl3F3N4O. The second-order valence-electron chi connectivity index (χ2n) is 4.07. The van der Waals surface area contributed by atoms with Crippen LogP contribution in [-0.2, 0) is 10.9 Å². The minimum Gasteiger partial charge on any atom is -0.477 e. The van der Waals surface area contributed by atoms with Gasteiger partial charge in [-0.3, -0.25) is 5.41 Å². The summed E-state index contributed by atoms with van der Waals surface area (Å²) in [6.45, 7) is 1.97. The van der Waals surface area contributed by atoms with Crippen LogP contribution in [0.15, 0.2) is 18.3 Å². The van der Waals surface area contributed by atoms with Gasteiger partial charge in [-0.25, -0.2) is 0 Å². The Bertz CT molecular complexity index is 695. The van der Waals surface area contributed by atoms with Gasteiger partial charge in [-0.05, 0) is 19.1 Å². The van der Waals surface area contributed by atoms with Crippen LogP contribution in [0.2, 0.25) is 10.0 Å². The Morgan fingerprint density at radius 1 is 1.30 bits per heavy atom. The molecule has 2 aromatic rings. The van der Waals surface area contributed by atoms with E-state index in [2.05, 4.69) is 10.2 Å². The number of nitrogens with one attached hydrogen (secondary N) is 1.